The fraction of sp³-hybridized carbons (Fsp3) is 0.133. The molecule has 2 rings (SSSR count). The Morgan fingerprint density at radius 3 is 2.42 bits per heavy atom. The van der Waals surface area contributed by atoms with Crippen LogP contribution in [0, 0.1) is 0 Å². The molecule has 2 nitrogen and oxygen atoms in total. The quantitative estimate of drug-likeness (QED) is 0.871. The zero-order valence-electron chi connectivity index (χ0n) is 10.4. The lowest BCUT2D eigenvalue weighted by Crippen LogP contribution is -2.26. The van der Waals surface area contributed by atoms with E-state index in [0.717, 1.165) is 10.0 Å². The van der Waals surface area contributed by atoms with Gasteiger partial charge in [0, 0.05) is 9.50 Å². The van der Waals surface area contributed by atoms with Crippen molar-refractivity contribution in [1.82, 2.24) is 5.32 Å². The molecule has 19 heavy (non-hydrogen) atoms. The first-order valence-corrected chi connectivity index (χ1v) is 7.06. The van der Waals surface area contributed by atoms with Crippen LogP contribution in [0.5, 0.6) is 0 Å². The average Bonchev–Trinajstić information content (AvgIpc) is 2.39. The maximum atomic E-state index is 12.1. The maximum Gasteiger partial charge on any atom is 0.252 e. The summed E-state index contributed by atoms with van der Waals surface area (Å²) >= 11 is 9.22. The Morgan fingerprint density at radius 1 is 1.16 bits per heavy atom. The van der Waals surface area contributed by atoms with Gasteiger partial charge in [-0.2, -0.15) is 0 Å². The molecule has 98 valence electrons. The highest BCUT2D eigenvalue weighted by molar-refractivity contribution is 9.10. The van der Waals surface area contributed by atoms with Gasteiger partial charge < -0.3 is 5.32 Å². The van der Waals surface area contributed by atoms with E-state index in [0.29, 0.717) is 10.6 Å². The highest BCUT2D eigenvalue weighted by Gasteiger charge is 2.13. The number of carbonyl (C=O) groups excluding carboxylic acids is 1. The molecule has 0 fully saturated rings. The van der Waals surface area contributed by atoms with Gasteiger partial charge in [0.15, 0.2) is 0 Å². The minimum absolute atomic E-state index is 0.0723. The van der Waals surface area contributed by atoms with Crippen LogP contribution >= 0.6 is 27.5 Å². The summed E-state index contributed by atoms with van der Waals surface area (Å²) in [5, 5.41) is 3.65. The molecule has 0 unspecified atom stereocenters. The van der Waals surface area contributed by atoms with Crippen molar-refractivity contribution in [3.8, 4) is 0 Å². The molecule has 0 aliphatic carbocycles. The van der Waals surface area contributed by atoms with Crippen molar-refractivity contribution in [1.29, 1.82) is 0 Å². The van der Waals surface area contributed by atoms with Crippen molar-refractivity contribution in [2.75, 3.05) is 0 Å². The van der Waals surface area contributed by atoms with Crippen LogP contribution in [-0.4, -0.2) is 5.91 Å². The molecule has 0 aromatic heterocycles. The number of benzene rings is 2. The van der Waals surface area contributed by atoms with E-state index in [-0.39, 0.29) is 11.9 Å². The van der Waals surface area contributed by atoms with Gasteiger partial charge in [-0.1, -0.05) is 35.9 Å². The van der Waals surface area contributed by atoms with Crippen LogP contribution in [0.2, 0.25) is 5.02 Å². The Morgan fingerprint density at radius 2 is 1.79 bits per heavy atom. The van der Waals surface area contributed by atoms with Crippen LogP contribution in [0.4, 0.5) is 0 Å². The molecule has 0 saturated carbocycles. The normalized spacial score (nSPS) is 11.9. The zero-order valence-corrected chi connectivity index (χ0v) is 12.7. The predicted molar refractivity (Wildman–Crippen MR) is 81.5 cm³/mol. The Hall–Kier alpha value is -1.32. The van der Waals surface area contributed by atoms with E-state index in [1.807, 2.05) is 49.4 Å². The van der Waals surface area contributed by atoms with Crippen LogP contribution in [-0.2, 0) is 0 Å². The second-order valence-corrected chi connectivity index (χ2v) is 5.52. The first kappa shape index (κ1) is 14.1. The van der Waals surface area contributed by atoms with Crippen molar-refractivity contribution in [3.63, 3.8) is 0 Å². The lowest BCUT2D eigenvalue weighted by atomic mass is 10.1. The second kappa shape index (κ2) is 6.22. The standard InChI is InChI=1S/C15H13BrClNO/c1-10(11-6-8-12(17)9-7-11)18-15(19)13-4-2-3-5-14(13)16/h2-10H,1H3,(H,18,19)/t10-/m0/s1. The number of hydrogen-bond acceptors (Lipinski definition) is 1. The summed E-state index contributed by atoms with van der Waals surface area (Å²) < 4.78 is 0.788. The van der Waals surface area contributed by atoms with E-state index in [4.69, 9.17) is 11.6 Å². The van der Waals surface area contributed by atoms with Crippen molar-refractivity contribution in [2.24, 2.45) is 0 Å². The molecule has 0 heterocycles. The topological polar surface area (TPSA) is 29.1 Å². The molecule has 4 heteroatoms. The number of nitrogens with one attached hydrogen (secondary N) is 1. The van der Waals surface area contributed by atoms with Crippen LogP contribution in [0.3, 0.4) is 0 Å². The van der Waals surface area contributed by atoms with E-state index in [2.05, 4.69) is 21.2 Å². The highest BCUT2D eigenvalue weighted by Crippen LogP contribution is 2.19. The minimum atomic E-state index is -0.102. The Labute approximate surface area is 125 Å². The highest BCUT2D eigenvalue weighted by atomic mass is 79.9. The van der Waals surface area contributed by atoms with Crippen LogP contribution in [0.15, 0.2) is 53.0 Å². The molecular weight excluding hydrogens is 326 g/mol. The lowest BCUT2D eigenvalue weighted by Gasteiger charge is -2.15. The number of amides is 1. The van der Waals surface area contributed by atoms with Crippen LogP contribution < -0.4 is 5.32 Å². The van der Waals surface area contributed by atoms with Gasteiger partial charge in [-0.05, 0) is 52.7 Å². The van der Waals surface area contributed by atoms with Crippen LogP contribution in [0.25, 0.3) is 0 Å². The SMILES string of the molecule is C[C@H](NC(=O)c1ccccc1Br)c1ccc(Cl)cc1. The largest absolute Gasteiger partial charge is 0.345 e. The molecule has 0 radical (unpaired) electrons. The van der Waals surface area contributed by atoms with Gasteiger partial charge in [0.25, 0.3) is 5.91 Å². The average molecular weight is 339 g/mol. The minimum Gasteiger partial charge on any atom is -0.345 e. The van der Waals surface area contributed by atoms with Crippen molar-refractivity contribution < 1.29 is 4.79 Å². The number of hydrogen-bond donors (Lipinski definition) is 1. The molecule has 0 aliphatic rings. The molecule has 2 aromatic carbocycles. The van der Waals surface area contributed by atoms with Gasteiger partial charge in [0.2, 0.25) is 0 Å². The van der Waals surface area contributed by atoms with Gasteiger partial charge >= 0.3 is 0 Å². The Kier molecular flexibility index (Phi) is 4.61. The molecule has 0 spiro atoms. The summed E-state index contributed by atoms with van der Waals surface area (Å²) in [6, 6.07) is 14.7. The first-order valence-electron chi connectivity index (χ1n) is 5.89. The molecule has 1 amide bonds. The van der Waals surface area contributed by atoms with E-state index >= 15 is 0 Å². The molecular formula is C15H13BrClNO. The monoisotopic (exact) mass is 337 g/mol. The molecule has 0 bridgehead atoms. The summed E-state index contributed by atoms with van der Waals surface area (Å²) in [7, 11) is 0. The van der Waals surface area contributed by atoms with Gasteiger partial charge in [-0.3, -0.25) is 4.79 Å². The Bertz CT molecular complexity index is 583. The van der Waals surface area contributed by atoms with E-state index < -0.39 is 0 Å². The van der Waals surface area contributed by atoms with E-state index in [9.17, 15) is 4.79 Å². The molecule has 0 aliphatic heterocycles. The predicted octanol–water partition coefficient (Wildman–Crippen LogP) is 4.59. The summed E-state index contributed by atoms with van der Waals surface area (Å²) in [5.74, 6) is -0.102. The number of carbonyl (C=O) groups is 1. The van der Waals surface area contributed by atoms with Crippen LogP contribution in [0.1, 0.15) is 28.9 Å². The molecule has 2 aromatic rings. The second-order valence-electron chi connectivity index (χ2n) is 4.23. The third-order valence-electron chi connectivity index (χ3n) is 2.84. The summed E-state index contributed by atoms with van der Waals surface area (Å²) in [6.45, 7) is 1.94. The summed E-state index contributed by atoms with van der Waals surface area (Å²) in [5.41, 5.74) is 1.65. The lowest BCUT2D eigenvalue weighted by molar-refractivity contribution is 0.0939. The third-order valence-corrected chi connectivity index (χ3v) is 3.78. The third kappa shape index (κ3) is 3.58. The van der Waals surface area contributed by atoms with E-state index in [1.165, 1.54) is 0 Å². The number of halogens is 2. The molecule has 0 saturated heterocycles. The van der Waals surface area contributed by atoms with Crippen molar-refractivity contribution in [2.45, 2.75) is 13.0 Å². The van der Waals surface area contributed by atoms with Gasteiger partial charge in [-0.15, -0.1) is 0 Å². The Balaban J connectivity index is 2.11. The van der Waals surface area contributed by atoms with Gasteiger partial charge in [0.1, 0.15) is 0 Å². The first-order chi connectivity index (χ1) is 9.08. The van der Waals surface area contributed by atoms with E-state index in [1.54, 1.807) is 6.07 Å². The summed E-state index contributed by atoms with van der Waals surface area (Å²) in [4.78, 5) is 12.1. The smallest absolute Gasteiger partial charge is 0.252 e. The van der Waals surface area contributed by atoms with Crippen molar-refractivity contribution >= 4 is 33.4 Å². The van der Waals surface area contributed by atoms with Crippen molar-refractivity contribution in [3.05, 3.63) is 69.2 Å². The zero-order chi connectivity index (χ0) is 13.8. The number of rotatable bonds is 3. The fourth-order valence-corrected chi connectivity index (χ4v) is 2.35. The molecule has 1 atom stereocenters. The molecule has 1 N–H and O–H groups in total. The fourth-order valence-electron chi connectivity index (χ4n) is 1.75. The van der Waals surface area contributed by atoms with Gasteiger partial charge in [-0.25, -0.2) is 0 Å². The van der Waals surface area contributed by atoms with Gasteiger partial charge in [0.05, 0.1) is 11.6 Å². The maximum absolute atomic E-state index is 12.1. The summed E-state index contributed by atoms with van der Waals surface area (Å²) in [6.07, 6.45) is 0.